The van der Waals surface area contributed by atoms with E-state index in [1.807, 2.05) is 6.92 Å². The van der Waals surface area contributed by atoms with Crippen LogP contribution < -0.4 is 5.32 Å². The molecule has 1 rings (SSSR count). The van der Waals surface area contributed by atoms with Crippen LogP contribution in [0.1, 0.15) is 46.0 Å². The maximum atomic E-state index is 11.6. The van der Waals surface area contributed by atoms with Crippen molar-refractivity contribution in [3.63, 3.8) is 0 Å². The maximum Gasteiger partial charge on any atom is 0.267 e. The van der Waals surface area contributed by atoms with E-state index in [1.54, 1.807) is 13.8 Å². The molecule has 0 fully saturated rings. The quantitative estimate of drug-likeness (QED) is 0.741. The van der Waals surface area contributed by atoms with Gasteiger partial charge in [-0.3, -0.25) is 9.59 Å². The van der Waals surface area contributed by atoms with E-state index in [1.165, 1.54) is 6.92 Å². The second kappa shape index (κ2) is 4.29. The molecule has 15 heavy (non-hydrogen) atoms. The van der Waals surface area contributed by atoms with Crippen molar-refractivity contribution in [3.05, 3.63) is 22.5 Å². The van der Waals surface area contributed by atoms with Crippen LogP contribution in [0, 0.1) is 13.8 Å². The number of amides is 1. The van der Waals surface area contributed by atoms with Crippen molar-refractivity contribution in [2.75, 3.05) is 6.54 Å². The molecule has 4 nitrogen and oxygen atoms in total. The predicted molar refractivity (Wildman–Crippen MR) is 58.3 cm³/mol. The number of aryl methyl sites for hydroxylation is 1. The summed E-state index contributed by atoms with van der Waals surface area (Å²) < 4.78 is 0. The summed E-state index contributed by atoms with van der Waals surface area (Å²) in [4.78, 5) is 25.9. The Balaban J connectivity index is 3.17. The average molecular weight is 208 g/mol. The van der Waals surface area contributed by atoms with E-state index in [9.17, 15) is 9.59 Å². The van der Waals surface area contributed by atoms with Crippen molar-refractivity contribution in [2.24, 2.45) is 0 Å². The molecule has 0 aliphatic rings. The molecule has 0 saturated heterocycles. The van der Waals surface area contributed by atoms with Gasteiger partial charge in [0, 0.05) is 17.8 Å². The number of nitrogens with one attached hydrogen (secondary N) is 2. The van der Waals surface area contributed by atoms with Gasteiger partial charge in [-0.15, -0.1) is 0 Å². The van der Waals surface area contributed by atoms with Gasteiger partial charge in [0.25, 0.3) is 5.91 Å². The molecule has 1 heterocycles. The fraction of sp³-hybridized carbons (Fsp3) is 0.455. The third kappa shape index (κ3) is 2.09. The van der Waals surface area contributed by atoms with Gasteiger partial charge in [-0.1, -0.05) is 0 Å². The van der Waals surface area contributed by atoms with E-state index in [-0.39, 0.29) is 11.7 Å². The third-order valence-electron chi connectivity index (χ3n) is 2.35. The molecule has 0 aromatic carbocycles. The van der Waals surface area contributed by atoms with Crippen molar-refractivity contribution in [3.8, 4) is 0 Å². The topological polar surface area (TPSA) is 62.0 Å². The number of carbonyl (C=O) groups is 2. The van der Waals surface area contributed by atoms with E-state index in [2.05, 4.69) is 10.3 Å². The predicted octanol–water partition coefficient (Wildman–Crippen LogP) is 1.58. The summed E-state index contributed by atoms with van der Waals surface area (Å²) in [6, 6.07) is 0. The largest absolute Gasteiger partial charge is 0.354 e. The first-order valence-electron chi connectivity index (χ1n) is 4.97. The van der Waals surface area contributed by atoms with E-state index in [4.69, 9.17) is 0 Å². The minimum atomic E-state index is -0.161. The molecule has 1 aromatic heterocycles. The monoisotopic (exact) mass is 208 g/mol. The zero-order valence-corrected chi connectivity index (χ0v) is 9.52. The zero-order chi connectivity index (χ0) is 11.6. The Labute approximate surface area is 89.1 Å². The van der Waals surface area contributed by atoms with Crippen molar-refractivity contribution >= 4 is 11.7 Å². The molecule has 82 valence electrons. The number of hydrogen-bond acceptors (Lipinski definition) is 2. The Morgan fingerprint density at radius 2 is 1.93 bits per heavy atom. The minimum absolute atomic E-state index is 0.0169. The number of Topliss-reactive ketones (excluding diaryl/α,β-unsaturated/α-hetero) is 1. The van der Waals surface area contributed by atoms with E-state index < -0.39 is 0 Å². The number of hydrogen-bond donors (Lipinski definition) is 2. The van der Waals surface area contributed by atoms with Gasteiger partial charge in [-0.05, 0) is 33.3 Å². The van der Waals surface area contributed by atoms with Crippen molar-refractivity contribution in [2.45, 2.75) is 27.7 Å². The lowest BCUT2D eigenvalue weighted by molar-refractivity contribution is 0.0950. The highest BCUT2D eigenvalue weighted by Gasteiger charge is 2.18. The van der Waals surface area contributed by atoms with Crippen LogP contribution in [-0.2, 0) is 0 Å². The first-order valence-corrected chi connectivity index (χ1v) is 4.97. The number of aromatic nitrogens is 1. The number of ketones is 1. The van der Waals surface area contributed by atoms with Gasteiger partial charge in [-0.25, -0.2) is 0 Å². The lowest BCUT2D eigenvalue weighted by Crippen LogP contribution is -2.23. The Bertz CT molecular complexity index is 405. The van der Waals surface area contributed by atoms with Crippen molar-refractivity contribution in [1.82, 2.24) is 10.3 Å². The number of aromatic amines is 1. The Morgan fingerprint density at radius 3 is 2.33 bits per heavy atom. The SMILES string of the molecule is CCNC(=O)c1[nH]c(C)c(C(C)=O)c1C. The molecule has 1 amide bonds. The molecule has 0 aliphatic heterocycles. The van der Waals surface area contributed by atoms with Crippen molar-refractivity contribution in [1.29, 1.82) is 0 Å². The highest BCUT2D eigenvalue weighted by molar-refractivity contribution is 6.02. The van der Waals surface area contributed by atoms with Gasteiger partial charge in [0.1, 0.15) is 5.69 Å². The Kier molecular flexibility index (Phi) is 3.29. The van der Waals surface area contributed by atoms with Gasteiger partial charge in [0.2, 0.25) is 0 Å². The molecule has 4 heteroatoms. The summed E-state index contributed by atoms with van der Waals surface area (Å²) in [5, 5.41) is 2.70. The van der Waals surface area contributed by atoms with Gasteiger partial charge >= 0.3 is 0 Å². The molecule has 0 spiro atoms. The molecule has 0 radical (unpaired) electrons. The van der Waals surface area contributed by atoms with Crippen LogP contribution in [0.4, 0.5) is 0 Å². The fourth-order valence-electron chi connectivity index (χ4n) is 1.75. The highest BCUT2D eigenvalue weighted by atomic mass is 16.2. The summed E-state index contributed by atoms with van der Waals surface area (Å²) in [6.07, 6.45) is 0. The van der Waals surface area contributed by atoms with E-state index >= 15 is 0 Å². The summed E-state index contributed by atoms with van der Waals surface area (Å²) in [5.41, 5.74) is 2.59. The number of H-pyrrole nitrogens is 1. The number of rotatable bonds is 3. The standard InChI is InChI=1S/C11H16N2O2/c1-5-12-11(15)10-6(2)9(8(4)14)7(3)13-10/h13H,5H2,1-4H3,(H,12,15). The van der Waals surface area contributed by atoms with Crippen LogP contribution in [0.25, 0.3) is 0 Å². The molecule has 0 aliphatic carbocycles. The second-order valence-corrected chi connectivity index (χ2v) is 3.54. The maximum absolute atomic E-state index is 11.6. The summed E-state index contributed by atoms with van der Waals surface area (Å²) in [7, 11) is 0. The van der Waals surface area contributed by atoms with Crippen LogP contribution in [-0.4, -0.2) is 23.2 Å². The van der Waals surface area contributed by atoms with E-state index in [0.29, 0.717) is 17.8 Å². The zero-order valence-electron chi connectivity index (χ0n) is 9.52. The third-order valence-corrected chi connectivity index (χ3v) is 2.35. The van der Waals surface area contributed by atoms with Crippen molar-refractivity contribution < 1.29 is 9.59 Å². The normalized spacial score (nSPS) is 10.1. The summed E-state index contributed by atoms with van der Waals surface area (Å²) in [5.74, 6) is -0.178. The first-order chi connectivity index (χ1) is 6.99. The molecule has 0 saturated carbocycles. The van der Waals surface area contributed by atoms with Gasteiger partial charge in [-0.2, -0.15) is 0 Å². The lowest BCUT2D eigenvalue weighted by Gasteiger charge is -2.00. The number of carbonyl (C=O) groups excluding carboxylic acids is 2. The van der Waals surface area contributed by atoms with Gasteiger partial charge in [0.05, 0.1) is 0 Å². The second-order valence-electron chi connectivity index (χ2n) is 3.54. The highest BCUT2D eigenvalue weighted by Crippen LogP contribution is 2.18. The molecular weight excluding hydrogens is 192 g/mol. The van der Waals surface area contributed by atoms with Gasteiger partial charge < -0.3 is 10.3 Å². The summed E-state index contributed by atoms with van der Waals surface area (Å²) in [6.45, 7) is 7.52. The average Bonchev–Trinajstić information content (AvgIpc) is 2.42. The van der Waals surface area contributed by atoms with Crippen LogP contribution in [0.15, 0.2) is 0 Å². The molecule has 0 bridgehead atoms. The summed E-state index contributed by atoms with van der Waals surface area (Å²) >= 11 is 0. The molecule has 1 aromatic rings. The fourth-order valence-corrected chi connectivity index (χ4v) is 1.75. The molecule has 0 atom stereocenters. The molecule has 2 N–H and O–H groups in total. The van der Waals surface area contributed by atoms with Gasteiger partial charge in [0.15, 0.2) is 5.78 Å². The van der Waals surface area contributed by atoms with Crippen LogP contribution in [0.5, 0.6) is 0 Å². The molecular formula is C11H16N2O2. The van der Waals surface area contributed by atoms with Crippen LogP contribution >= 0.6 is 0 Å². The smallest absolute Gasteiger partial charge is 0.267 e. The minimum Gasteiger partial charge on any atom is -0.354 e. The van der Waals surface area contributed by atoms with Crippen LogP contribution in [0.3, 0.4) is 0 Å². The molecule has 0 unspecified atom stereocenters. The Morgan fingerprint density at radius 1 is 1.33 bits per heavy atom. The Hall–Kier alpha value is -1.58. The first kappa shape index (κ1) is 11.5. The van der Waals surface area contributed by atoms with E-state index in [0.717, 1.165) is 11.3 Å². The van der Waals surface area contributed by atoms with Crippen LogP contribution in [0.2, 0.25) is 0 Å². The lowest BCUT2D eigenvalue weighted by atomic mass is 10.1.